The van der Waals surface area contributed by atoms with Gasteiger partial charge in [0.1, 0.15) is 17.7 Å². The highest BCUT2D eigenvalue weighted by molar-refractivity contribution is 6.30. The molecule has 0 saturated heterocycles. The molecule has 2 aromatic rings. The molecule has 0 fully saturated rings. The third-order valence-electron chi connectivity index (χ3n) is 4.39. The van der Waals surface area contributed by atoms with Crippen molar-refractivity contribution in [1.29, 1.82) is 0 Å². The number of nitrogens with one attached hydrogen (secondary N) is 1. The lowest BCUT2D eigenvalue weighted by Gasteiger charge is -2.32. The summed E-state index contributed by atoms with van der Waals surface area (Å²) in [7, 11) is 3.90. The van der Waals surface area contributed by atoms with Crippen molar-refractivity contribution in [2.75, 3.05) is 19.0 Å². The zero-order valence-corrected chi connectivity index (χ0v) is 15.7. The number of carbonyl (C=O) groups is 1. The Morgan fingerprint density at radius 3 is 2.65 bits per heavy atom. The number of amides is 1. The number of benzene rings is 1. The van der Waals surface area contributed by atoms with E-state index < -0.39 is 0 Å². The number of nitrogens with zero attached hydrogens (tertiary/aromatic N) is 2. The second-order valence-electron chi connectivity index (χ2n) is 6.44. The van der Waals surface area contributed by atoms with Crippen LogP contribution in [-0.4, -0.2) is 25.0 Å². The van der Waals surface area contributed by atoms with E-state index in [1.807, 2.05) is 43.3 Å². The lowest BCUT2D eigenvalue weighted by atomic mass is 9.89. The summed E-state index contributed by atoms with van der Waals surface area (Å²) in [6, 6.07) is 11.2. The van der Waals surface area contributed by atoms with Gasteiger partial charge in [-0.25, -0.2) is 4.98 Å². The maximum absolute atomic E-state index is 11.8. The minimum atomic E-state index is -0.185. The van der Waals surface area contributed by atoms with E-state index in [0.717, 1.165) is 35.7 Å². The SMILES string of the molecule is C=CC(=O)NC1CCC(Oc2ccc(Cl)cc2)c2nc(N(C)C)ccc21. The lowest BCUT2D eigenvalue weighted by Crippen LogP contribution is -2.32. The van der Waals surface area contributed by atoms with Crippen LogP contribution in [-0.2, 0) is 4.79 Å². The van der Waals surface area contributed by atoms with E-state index in [4.69, 9.17) is 21.3 Å². The van der Waals surface area contributed by atoms with E-state index >= 15 is 0 Å². The molecule has 1 aromatic heterocycles. The van der Waals surface area contributed by atoms with Crippen LogP contribution in [0.15, 0.2) is 49.1 Å². The average Bonchev–Trinajstić information content (AvgIpc) is 2.64. The maximum atomic E-state index is 11.8. The number of pyridine rings is 1. The van der Waals surface area contributed by atoms with Gasteiger partial charge in [0.2, 0.25) is 5.91 Å². The molecule has 1 N–H and O–H groups in total. The minimum Gasteiger partial charge on any atom is -0.484 e. The standard InChI is InChI=1S/C20H22ClN3O2/c1-4-19(25)22-16-10-11-17(26-14-7-5-13(21)6-8-14)20-15(16)9-12-18(23-20)24(2)3/h4-9,12,16-17H,1,10-11H2,2-3H3,(H,22,25). The number of fused-ring (bicyclic) bond motifs is 1. The summed E-state index contributed by atoms with van der Waals surface area (Å²) >= 11 is 5.95. The minimum absolute atomic E-state index is 0.0933. The molecular weight excluding hydrogens is 350 g/mol. The van der Waals surface area contributed by atoms with Crippen LogP contribution < -0.4 is 15.0 Å². The smallest absolute Gasteiger partial charge is 0.243 e. The quantitative estimate of drug-likeness (QED) is 0.805. The largest absolute Gasteiger partial charge is 0.484 e. The van der Waals surface area contributed by atoms with E-state index in [9.17, 15) is 4.79 Å². The number of halogens is 1. The van der Waals surface area contributed by atoms with Crippen molar-refractivity contribution < 1.29 is 9.53 Å². The average molecular weight is 372 g/mol. The summed E-state index contributed by atoms with van der Waals surface area (Å²) < 4.78 is 6.18. The molecule has 2 atom stereocenters. The second kappa shape index (κ2) is 7.79. The number of hydrogen-bond acceptors (Lipinski definition) is 4. The molecule has 26 heavy (non-hydrogen) atoms. The number of anilines is 1. The fraction of sp³-hybridized carbons (Fsp3) is 0.300. The van der Waals surface area contributed by atoms with E-state index in [1.54, 1.807) is 12.1 Å². The molecule has 1 amide bonds. The van der Waals surface area contributed by atoms with Crippen LogP contribution in [0.2, 0.25) is 5.02 Å². The van der Waals surface area contributed by atoms with Gasteiger partial charge in [0.25, 0.3) is 0 Å². The van der Waals surface area contributed by atoms with Gasteiger partial charge in [-0.15, -0.1) is 0 Å². The Labute approximate surface area is 158 Å². The highest BCUT2D eigenvalue weighted by atomic mass is 35.5. The van der Waals surface area contributed by atoms with Crippen LogP contribution in [0.3, 0.4) is 0 Å². The van der Waals surface area contributed by atoms with Crippen LogP contribution in [0, 0.1) is 0 Å². The van der Waals surface area contributed by atoms with Crippen molar-refractivity contribution in [2.45, 2.75) is 25.0 Å². The monoisotopic (exact) mass is 371 g/mol. The Hall–Kier alpha value is -2.53. The van der Waals surface area contributed by atoms with Gasteiger partial charge in [-0.3, -0.25) is 4.79 Å². The van der Waals surface area contributed by atoms with E-state index in [0.29, 0.717) is 5.02 Å². The third-order valence-corrected chi connectivity index (χ3v) is 4.64. The first-order valence-electron chi connectivity index (χ1n) is 8.51. The Balaban J connectivity index is 1.93. The third kappa shape index (κ3) is 3.99. The Morgan fingerprint density at radius 2 is 2.00 bits per heavy atom. The zero-order chi connectivity index (χ0) is 18.7. The van der Waals surface area contributed by atoms with Gasteiger partial charge >= 0.3 is 0 Å². The molecule has 1 heterocycles. The zero-order valence-electron chi connectivity index (χ0n) is 14.9. The molecule has 1 aliphatic carbocycles. The molecule has 1 aliphatic rings. The Bertz CT molecular complexity index is 805. The van der Waals surface area contributed by atoms with Crippen LogP contribution in [0.5, 0.6) is 5.75 Å². The summed E-state index contributed by atoms with van der Waals surface area (Å²) in [5.74, 6) is 1.41. The van der Waals surface area contributed by atoms with Gasteiger partial charge < -0.3 is 15.0 Å². The van der Waals surface area contributed by atoms with Gasteiger partial charge in [0, 0.05) is 19.1 Å². The first kappa shape index (κ1) is 18.3. The van der Waals surface area contributed by atoms with E-state index in [-0.39, 0.29) is 18.1 Å². The van der Waals surface area contributed by atoms with Crippen LogP contribution in [0.25, 0.3) is 0 Å². The Morgan fingerprint density at radius 1 is 1.27 bits per heavy atom. The summed E-state index contributed by atoms with van der Waals surface area (Å²) in [4.78, 5) is 18.5. The maximum Gasteiger partial charge on any atom is 0.243 e. The predicted molar refractivity (Wildman–Crippen MR) is 104 cm³/mol. The molecule has 5 nitrogen and oxygen atoms in total. The first-order valence-corrected chi connectivity index (χ1v) is 8.89. The van der Waals surface area contributed by atoms with Gasteiger partial charge in [0.15, 0.2) is 0 Å². The number of aromatic nitrogens is 1. The fourth-order valence-electron chi connectivity index (χ4n) is 3.06. The molecule has 3 rings (SSSR count). The van der Waals surface area contributed by atoms with Gasteiger partial charge in [0.05, 0.1) is 11.7 Å². The van der Waals surface area contributed by atoms with Crippen molar-refractivity contribution in [3.8, 4) is 5.75 Å². The van der Waals surface area contributed by atoms with Gasteiger partial charge in [-0.2, -0.15) is 0 Å². The molecule has 1 aromatic carbocycles. The van der Waals surface area contributed by atoms with Crippen molar-refractivity contribution in [2.24, 2.45) is 0 Å². The van der Waals surface area contributed by atoms with E-state index in [2.05, 4.69) is 11.9 Å². The number of carbonyl (C=O) groups excluding carboxylic acids is 1. The predicted octanol–water partition coefficient (Wildman–Crippen LogP) is 4.06. The molecule has 0 bridgehead atoms. The van der Waals surface area contributed by atoms with Crippen LogP contribution >= 0.6 is 11.6 Å². The Kier molecular flexibility index (Phi) is 5.47. The first-order chi connectivity index (χ1) is 12.5. The van der Waals surface area contributed by atoms with Crippen molar-refractivity contribution >= 4 is 23.3 Å². The number of hydrogen-bond donors (Lipinski definition) is 1. The molecular formula is C20H22ClN3O2. The molecule has 6 heteroatoms. The molecule has 0 aliphatic heterocycles. The lowest BCUT2D eigenvalue weighted by molar-refractivity contribution is -0.117. The van der Waals surface area contributed by atoms with Gasteiger partial charge in [-0.05, 0) is 54.8 Å². The van der Waals surface area contributed by atoms with Crippen molar-refractivity contribution in [3.63, 3.8) is 0 Å². The number of rotatable bonds is 5. The highest BCUT2D eigenvalue weighted by Crippen LogP contribution is 2.38. The van der Waals surface area contributed by atoms with Crippen LogP contribution in [0.1, 0.15) is 36.2 Å². The highest BCUT2D eigenvalue weighted by Gasteiger charge is 2.31. The summed E-state index contributed by atoms with van der Waals surface area (Å²) in [5, 5.41) is 3.65. The molecule has 2 unspecified atom stereocenters. The topological polar surface area (TPSA) is 54.5 Å². The molecule has 0 radical (unpaired) electrons. The van der Waals surface area contributed by atoms with Crippen LogP contribution in [0.4, 0.5) is 5.82 Å². The number of ether oxygens (including phenoxy) is 1. The molecule has 0 saturated carbocycles. The van der Waals surface area contributed by atoms with Gasteiger partial charge in [-0.1, -0.05) is 24.2 Å². The summed E-state index contributed by atoms with van der Waals surface area (Å²) in [5.41, 5.74) is 1.84. The second-order valence-corrected chi connectivity index (χ2v) is 6.88. The normalized spacial score (nSPS) is 18.6. The molecule has 136 valence electrons. The summed E-state index contributed by atoms with van der Waals surface area (Å²) in [6.07, 6.45) is 2.63. The van der Waals surface area contributed by atoms with E-state index in [1.165, 1.54) is 6.08 Å². The summed E-state index contributed by atoms with van der Waals surface area (Å²) in [6.45, 7) is 3.53. The molecule has 0 spiro atoms. The fourth-order valence-corrected chi connectivity index (χ4v) is 3.19. The van der Waals surface area contributed by atoms with Crippen molar-refractivity contribution in [3.05, 3.63) is 65.3 Å². The van der Waals surface area contributed by atoms with Crippen molar-refractivity contribution in [1.82, 2.24) is 10.3 Å².